The summed E-state index contributed by atoms with van der Waals surface area (Å²) in [5.41, 5.74) is 1.41. The predicted molar refractivity (Wildman–Crippen MR) is 92.9 cm³/mol. The van der Waals surface area contributed by atoms with Gasteiger partial charge in [0.15, 0.2) is 0 Å². The normalized spacial score (nSPS) is 20.7. The molecule has 1 aliphatic heterocycles. The van der Waals surface area contributed by atoms with Gasteiger partial charge in [-0.3, -0.25) is 4.90 Å². The molecule has 1 aliphatic rings. The summed E-state index contributed by atoms with van der Waals surface area (Å²) in [7, 11) is 0. The van der Waals surface area contributed by atoms with Gasteiger partial charge in [-0.05, 0) is 44.0 Å². The molecule has 0 amide bonds. The molecular formula is C18H30N2S. The summed E-state index contributed by atoms with van der Waals surface area (Å²) in [5, 5.41) is 1.14. The van der Waals surface area contributed by atoms with Crippen LogP contribution < -0.4 is 0 Å². The second kappa shape index (κ2) is 7.64. The van der Waals surface area contributed by atoms with E-state index in [1.165, 1.54) is 50.8 Å². The molecule has 2 nitrogen and oxygen atoms in total. The number of aromatic nitrogens is 1. The van der Waals surface area contributed by atoms with Gasteiger partial charge < -0.3 is 0 Å². The van der Waals surface area contributed by atoms with E-state index in [2.05, 4.69) is 50.9 Å². The van der Waals surface area contributed by atoms with E-state index in [4.69, 9.17) is 4.98 Å². The Hall–Kier alpha value is -0.540. The van der Waals surface area contributed by atoms with E-state index in [1.807, 2.05) is 11.8 Å². The minimum absolute atomic E-state index is 0.229. The molecule has 0 unspecified atom stereocenters. The van der Waals surface area contributed by atoms with E-state index < -0.39 is 0 Å². The Morgan fingerprint density at radius 3 is 2.71 bits per heavy atom. The summed E-state index contributed by atoms with van der Waals surface area (Å²) in [6, 6.07) is 5.10. The molecule has 1 saturated heterocycles. The molecule has 0 aromatic carbocycles. The van der Waals surface area contributed by atoms with Gasteiger partial charge in [-0.25, -0.2) is 4.98 Å². The first-order valence-electron chi connectivity index (χ1n) is 8.38. The van der Waals surface area contributed by atoms with E-state index in [1.54, 1.807) is 0 Å². The number of rotatable bonds is 5. The third-order valence-corrected chi connectivity index (χ3v) is 5.03. The van der Waals surface area contributed by atoms with Gasteiger partial charge >= 0.3 is 0 Å². The van der Waals surface area contributed by atoms with Crippen molar-refractivity contribution in [3.63, 3.8) is 0 Å². The highest BCUT2D eigenvalue weighted by molar-refractivity contribution is 8.00. The smallest absolute Gasteiger partial charge is 0.0965 e. The van der Waals surface area contributed by atoms with Crippen molar-refractivity contribution in [1.29, 1.82) is 0 Å². The molecular weight excluding hydrogens is 276 g/mol. The third kappa shape index (κ3) is 5.30. The first-order valence-corrected chi connectivity index (χ1v) is 9.20. The molecule has 21 heavy (non-hydrogen) atoms. The van der Waals surface area contributed by atoms with Crippen LogP contribution in [0, 0.1) is 0 Å². The van der Waals surface area contributed by atoms with Gasteiger partial charge in [0, 0.05) is 17.0 Å². The molecule has 3 heteroatoms. The molecule has 2 rings (SSSR count). The molecule has 1 aromatic heterocycles. The molecule has 0 N–H and O–H groups in total. The van der Waals surface area contributed by atoms with Crippen molar-refractivity contribution in [2.45, 2.75) is 75.6 Å². The number of likely N-dealkylation sites (tertiary alicyclic amines) is 1. The molecule has 0 saturated carbocycles. The number of nitrogens with zero attached hydrogens (tertiary/aromatic N) is 2. The van der Waals surface area contributed by atoms with E-state index in [9.17, 15) is 0 Å². The zero-order valence-electron chi connectivity index (χ0n) is 14.1. The fraction of sp³-hybridized carbons (Fsp3) is 0.722. The van der Waals surface area contributed by atoms with Crippen LogP contribution in [0.25, 0.3) is 0 Å². The summed E-state index contributed by atoms with van der Waals surface area (Å²) < 4.78 is 0.229. The lowest BCUT2D eigenvalue weighted by Crippen LogP contribution is -2.34. The van der Waals surface area contributed by atoms with E-state index in [-0.39, 0.29) is 4.75 Å². The second-order valence-electron chi connectivity index (χ2n) is 7.05. The molecule has 0 aliphatic carbocycles. The topological polar surface area (TPSA) is 16.1 Å². The number of hydrogen-bond acceptors (Lipinski definition) is 3. The number of hydrogen-bond donors (Lipinski definition) is 0. The summed E-state index contributed by atoms with van der Waals surface area (Å²) >= 11 is 1.85. The van der Waals surface area contributed by atoms with Crippen molar-refractivity contribution >= 4 is 11.8 Å². The van der Waals surface area contributed by atoms with Crippen LogP contribution in [0.3, 0.4) is 0 Å². The van der Waals surface area contributed by atoms with E-state index in [0.717, 1.165) is 5.03 Å². The maximum absolute atomic E-state index is 4.69. The number of thioether (sulfide) groups is 1. The van der Waals surface area contributed by atoms with Gasteiger partial charge in [0.25, 0.3) is 0 Å². The fourth-order valence-electron chi connectivity index (χ4n) is 2.96. The number of unbranched alkanes of at least 4 members (excludes halogenated alkanes) is 1. The van der Waals surface area contributed by atoms with Gasteiger partial charge in [-0.1, -0.05) is 46.6 Å². The van der Waals surface area contributed by atoms with Crippen LogP contribution in [-0.4, -0.2) is 27.7 Å². The summed E-state index contributed by atoms with van der Waals surface area (Å²) in [6.45, 7) is 11.5. The Kier molecular flexibility index (Phi) is 6.12. The summed E-state index contributed by atoms with van der Waals surface area (Å²) in [4.78, 5) is 7.36. The lowest BCUT2D eigenvalue weighted by Gasteiger charge is -2.36. The van der Waals surface area contributed by atoms with Crippen molar-refractivity contribution < 1.29 is 0 Å². The highest BCUT2D eigenvalue weighted by Crippen LogP contribution is 2.33. The van der Waals surface area contributed by atoms with Crippen LogP contribution in [0.15, 0.2) is 23.4 Å². The van der Waals surface area contributed by atoms with E-state index >= 15 is 0 Å². The number of piperidine rings is 1. The van der Waals surface area contributed by atoms with Crippen molar-refractivity contribution in [1.82, 2.24) is 9.88 Å². The van der Waals surface area contributed by atoms with Crippen LogP contribution >= 0.6 is 11.8 Å². The highest BCUT2D eigenvalue weighted by atomic mass is 32.2. The Bertz CT molecular complexity index is 422. The van der Waals surface area contributed by atoms with Gasteiger partial charge in [-0.15, -0.1) is 11.8 Å². The summed E-state index contributed by atoms with van der Waals surface area (Å²) in [6.07, 6.45) is 8.70. The lowest BCUT2D eigenvalue weighted by molar-refractivity contribution is 0.146. The Morgan fingerprint density at radius 1 is 1.29 bits per heavy atom. The van der Waals surface area contributed by atoms with Crippen LogP contribution in [0.4, 0.5) is 0 Å². The molecule has 1 fully saturated rings. The number of pyridine rings is 1. The van der Waals surface area contributed by atoms with Crippen LogP contribution in [0.1, 0.15) is 71.4 Å². The largest absolute Gasteiger partial charge is 0.296 e. The van der Waals surface area contributed by atoms with Gasteiger partial charge in [0.05, 0.1) is 5.03 Å². The van der Waals surface area contributed by atoms with E-state index in [0.29, 0.717) is 6.04 Å². The zero-order valence-corrected chi connectivity index (χ0v) is 14.9. The minimum Gasteiger partial charge on any atom is -0.296 e. The Morgan fingerprint density at radius 2 is 2.10 bits per heavy atom. The second-order valence-corrected chi connectivity index (χ2v) is 8.89. The Balaban J connectivity index is 2.05. The van der Waals surface area contributed by atoms with Crippen molar-refractivity contribution in [3.05, 3.63) is 23.9 Å². The first kappa shape index (κ1) is 16.8. The SMILES string of the molecule is CCCCN1CCCC[C@H]1c1ccc(SC(C)(C)C)nc1. The third-order valence-electron chi connectivity index (χ3n) is 3.97. The van der Waals surface area contributed by atoms with Gasteiger partial charge in [-0.2, -0.15) is 0 Å². The first-order chi connectivity index (χ1) is 9.99. The Labute approximate surface area is 134 Å². The zero-order chi connectivity index (χ0) is 15.3. The van der Waals surface area contributed by atoms with Crippen LogP contribution in [0.5, 0.6) is 0 Å². The fourth-order valence-corrected chi connectivity index (χ4v) is 3.83. The monoisotopic (exact) mass is 306 g/mol. The predicted octanol–water partition coefficient (Wildman–Crippen LogP) is 5.30. The van der Waals surface area contributed by atoms with Crippen molar-refractivity contribution in [2.75, 3.05) is 13.1 Å². The molecule has 2 heterocycles. The highest BCUT2D eigenvalue weighted by Gasteiger charge is 2.23. The lowest BCUT2D eigenvalue weighted by atomic mass is 9.96. The quantitative estimate of drug-likeness (QED) is 0.687. The van der Waals surface area contributed by atoms with Crippen LogP contribution in [0.2, 0.25) is 0 Å². The summed E-state index contributed by atoms with van der Waals surface area (Å²) in [5.74, 6) is 0. The molecule has 118 valence electrons. The molecule has 0 radical (unpaired) electrons. The van der Waals surface area contributed by atoms with Gasteiger partial charge in [0.1, 0.15) is 0 Å². The average Bonchev–Trinajstić information content (AvgIpc) is 2.45. The molecule has 0 bridgehead atoms. The van der Waals surface area contributed by atoms with Crippen LogP contribution in [-0.2, 0) is 0 Å². The molecule has 1 atom stereocenters. The average molecular weight is 307 g/mol. The van der Waals surface area contributed by atoms with Gasteiger partial charge in [0.2, 0.25) is 0 Å². The molecule has 1 aromatic rings. The standard InChI is InChI=1S/C18H30N2S/c1-5-6-12-20-13-8-7-9-16(20)15-10-11-17(19-14-15)21-18(2,3)4/h10-11,14,16H,5-9,12-13H2,1-4H3/t16-/m0/s1. The maximum atomic E-state index is 4.69. The maximum Gasteiger partial charge on any atom is 0.0965 e. The minimum atomic E-state index is 0.229. The molecule has 0 spiro atoms. The van der Waals surface area contributed by atoms with Crippen molar-refractivity contribution in [2.24, 2.45) is 0 Å². The van der Waals surface area contributed by atoms with Crippen molar-refractivity contribution in [3.8, 4) is 0 Å².